The number of rotatable bonds is 3. The smallest absolute Gasteiger partial charge is 0.253 e. The van der Waals surface area contributed by atoms with Crippen molar-refractivity contribution in [3.63, 3.8) is 0 Å². The average Bonchev–Trinajstić information content (AvgIpc) is 2.55. The number of nitrogens with zero attached hydrogens (tertiary/aromatic N) is 3. The van der Waals surface area contributed by atoms with Crippen LogP contribution >= 0.6 is 0 Å². The van der Waals surface area contributed by atoms with Gasteiger partial charge in [-0.1, -0.05) is 0 Å². The summed E-state index contributed by atoms with van der Waals surface area (Å²) in [6, 6.07) is 5.57. The van der Waals surface area contributed by atoms with Crippen LogP contribution in [0, 0.1) is 19.8 Å². The van der Waals surface area contributed by atoms with Crippen LogP contribution in [0.3, 0.4) is 0 Å². The van der Waals surface area contributed by atoms with Crippen molar-refractivity contribution in [1.29, 1.82) is 0 Å². The second kappa shape index (κ2) is 6.62. The molecule has 0 spiro atoms. The van der Waals surface area contributed by atoms with E-state index in [-0.39, 0.29) is 5.91 Å². The Balaban J connectivity index is 1.78. The number of carbonyl (C=O) groups is 1. The van der Waals surface area contributed by atoms with Gasteiger partial charge in [0.05, 0.1) is 22.4 Å². The summed E-state index contributed by atoms with van der Waals surface area (Å²) in [6.45, 7) is 6.27. The van der Waals surface area contributed by atoms with Gasteiger partial charge in [0.15, 0.2) is 0 Å². The van der Waals surface area contributed by atoms with Crippen LogP contribution in [0.1, 0.15) is 34.6 Å². The lowest BCUT2D eigenvalue weighted by molar-refractivity contribution is 0.0497. The predicted molar refractivity (Wildman–Crippen MR) is 89.5 cm³/mol. The number of amides is 1. The monoisotopic (exact) mass is 313 g/mol. The fraction of sp³-hybridized carbons (Fsp3) is 0.500. The first-order valence-corrected chi connectivity index (χ1v) is 8.13. The molecule has 1 aromatic heterocycles. The van der Waals surface area contributed by atoms with E-state index in [1.165, 1.54) is 0 Å². The van der Waals surface area contributed by atoms with Crippen molar-refractivity contribution in [3.8, 4) is 0 Å². The molecule has 0 unspecified atom stereocenters. The van der Waals surface area contributed by atoms with Crippen LogP contribution in [0.5, 0.6) is 0 Å². The first-order chi connectivity index (χ1) is 11.0. The fourth-order valence-corrected chi connectivity index (χ4v) is 2.98. The molecule has 122 valence electrons. The molecule has 1 fully saturated rings. The molecular formula is C18H23N3O2. The highest BCUT2D eigenvalue weighted by atomic mass is 16.5. The van der Waals surface area contributed by atoms with Gasteiger partial charge in [0.1, 0.15) is 0 Å². The van der Waals surface area contributed by atoms with Crippen molar-refractivity contribution >= 4 is 16.9 Å². The van der Waals surface area contributed by atoms with Crippen LogP contribution in [-0.4, -0.2) is 47.6 Å². The molecule has 1 amide bonds. The highest BCUT2D eigenvalue weighted by Crippen LogP contribution is 2.19. The van der Waals surface area contributed by atoms with E-state index in [2.05, 4.69) is 9.97 Å². The van der Waals surface area contributed by atoms with E-state index < -0.39 is 0 Å². The Hall–Kier alpha value is -2.01. The lowest BCUT2D eigenvalue weighted by atomic mass is 9.99. The number of fused-ring (bicyclic) bond motifs is 1. The molecule has 0 N–H and O–H groups in total. The van der Waals surface area contributed by atoms with E-state index in [4.69, 9.17) is 4.74 Å². The Morgan fingerprint density at radius 2 is 1.83 bits per heavy atom. The molecule has 0 saturated carbocycles. The predicted octanol–water partition coefficient (Wildman–Crippen LogP) is 2.75. The van der Waals surface area contributed by atoms with Crippen LogP contribution in [0.15, 0.2) is 18.2 Å². The minimum atomic E-state index is 0.0402. The third-order valence-corrected chi connectivity index (χ3v) is 4.54. The van der Waals surface area contributed by atoms with Crippen LogP contribution < -0.4 is 0 Å². The van der Waals surface area contributed by atoms with E-state index in [9.17, 15) is 4.79 Å². The van der Waals surface area contributed by atoms with Crippen molar-refractivity contribution in [2.75, 3.05) is 26.8 Å². The molecule has 3 rings (SSSR count). The molecule has 1 aliphatic heterocycles. The second-order valence-corrected chi connectivity index (χ2v) is 6.34. The minimum Gasteiger partial charge on any atom is -0.381 e. The van der Waals surface area contributed by atoms with E-state index in [0.29, 0.717) is 11.5 Å². The summed E-state index contributed by atoms with van der Waals surface area (Å²) >= 11 is 0. The van der Waals surface area contributed by atoms with Crippen LogP contribution in [0.2, 0.25) is 0 Å². The van der Waals surface area contributed by atoms with Gasteiger partial charge in [-0.2, -0.15) is 0 Å². The van der Waals surface area contributed by atoms with Crippen molar-refractivity contribution in [2.24, 2.45) is 5.92 Å². The minimum absolute atomic E-state index is 0.0402. The summed E-state index contributed by atoms with van der Waals surface area (Å²) in [4.78, 5) is 23.5. The van der Waals surface area contributed by atoms with Gasteiger partial charge in [-0.15, -0.1) is 0 Å². The maximum absolute atomic E-state index is 12.7. The molecule has 1 aliphatic rings. The van der Waals surface area contributed by atoms with Crippen molar-refractivity contribution in [3.05, 3.63) is 35.2 Å². The maximum atomic E-state index is 12.7. The molecule has 5 heteroatoms. The largest absolute Gasteiger partial charge is 0.381 e. The zero-order valence-electron chi connectivity index (χ0n) is 14.0. The Morgan fingerprint density at radius 1 is 1.17 bits per heavy atom. The van der Waals surface area contributed by atoms with Gasteiger partial charge in [-0.3, -0.25) is 4.79 Å². The zero-order valence-corrected chi connectivity index (χ0v) is 14.0. The van der Waals surface area contributed by atoms with Gasteiger partial charge in [0.2, 0.25) is 0 Å². The SMILES string of the molecule is Cc1nc2ccc(C(=O)N(C)CC3CCOCC3)cc2nc1C. The Labute approximate surface area is 136 Å². The number of carbonyl (C=O) groups excluding carboxylic acids is 1. The number of benzene rings is 1. The Kier molecular flexibility index (Phi) is 4.57. The third kappa shape index (κ3) is 3.50. The second-order valence-electron chi connectivity index (χ2n) is 6.34. The van der Waals surface area contributed by atoms with Crippen molar-refractivity contribution < 1.29 is 9.53 Å². The summed E-state index contributed by atoms with van der Waals surface area (Å²) in [7, 11) is 1.87. The maximum Gasteiger partial charge on any atom is 0.253 e. The van der Waals surface area contributed by atoms with Crippen LogP contribution in [-0.2, 0) is 4.74 Å². The molecule has 1 aromatic carbocycles. The van der Waals surface area contributed by atoms with Gasteiger partial charge < -0.3 is 9.64 Å². The zero-order chi connectivity index (χ0) is 16.4. The van der Waals surface area contributed by atoms with E-state index >= 15 is 0 Å². The van der Waals surface area contributed by atoms with Crippen LogP contribution in [0.25, 0.3) is 11.0 Å². The molecular weight excluding hydrogens is 290 g/mol. The lowest BCUT2D eigenvalue weighted by Gasteiger charge is -2.27. The van der Waals surface area contributed by atoms with Crippen molar-refractivity contribution in [1.82, 2.24) is 14.9 Å². The summed E-state index contributed by atoms with van der Waals surface area (Å²) in [5, 5.41) is 0. The number of aryl methyl sites for hydroxylation is 2. The van der Waals surface area contributed by atoms with Crippen LogP contribution in [0.4, 0.5) is 0 Å². The molecule has 0 radical (unpaired) electrons. The van der Waals surface area contributed by atoms with E-state index in [1.54, 1.807) is 0 Å². The highest BCUT2D eigenvalue weighted by Gasteiger charge is 2.20. The summed E-state index contributed by atoms with van der Waals surface area (Å²) in [6.07, 6.45) is 2.05. The average molecular weight is 313 g/mol. The summed E-state index contributed by atoms with van der Waals surface area (Å²) in [5.41, 5.74) is 4.10. The molecule has 23 heavy (non-hydrogen) atoms. The molecule has 2 aromatic rings. The van der Waals surface area contributed by atoms with E-state index in [0.717, 1.165) is 55.0 Å². The first-order valence-electron chi connectivity index (χ1n) is 8.13. The van der Waals surface area contributed by atoms with Gasteiger partial charge in [0.25, 0.3) is 5.91 Å². The quantitative estimate of drug-likeness (QED) is 0.874. The third-order valence-electron chi connectivity index (χ3n) is 4.54. The molecule has 1 saturated heterocycles. The van der Waals surface area contributed by atoms with Gasteiger partial charge >= 0.3 is 0 Å². The Morgan fingerprint density at radius 3 is 2.52 bits per heavy atom. The molecule has 2 heterocycles. The molecule has 0 bridgehead atoms. The topological polar surface area (TPSA) is 55.3 Å². The standard InChI is InChI=1S/C18H23N3O2/c1-12-13(2)20-17-10-15(4-5-16(17)19-12)18(22)21(3)11-14-6-8-23-9-7-14/h4-5,10,14H,6-9,11H2,1-3H3. The lowest BCUT2D eigenvalue weighted by Crippen LogP contribution is -2.34. The summed E-state index contributed by atoms with van der Waals surface area (Å²) in [5.74, 6) is 0.571. The highest BCUT2D eigenvalue weighted by molar-refractivity contribution is 5.97. The summed E-state index contributed by atoms with van der Waals surface area (Å²) < 4.78 is 5.38. The first kappa shape index (κ1) is 15.9. The number of hydrogen-bond acceptors (Lipinski definition) is 4. The normalized spacial score (nSPS) is 15.8. The molecule has 0 aliphatic carbocycles. The number of aromatic nitrogens is 2. The molecule has 5 nitrogen and oxygen atoms in total. The van der Waals surface area contributed by atoms with Gasteiger partial charge in [-0.05, 0) is 50.8 Å². The fourth-order valence-electron chi connectivity index (χ4n) is 2.98. The van der Waals surface area contributed by atoms with E-state index in [1.807, 2.05) is 44.0 Å². The Bertz CT molecular complexity index is 724. The molecule has 0 atom stereocenters. The van der Waals surface area contributed by atoms with Gasteiger partial charge in [0, 0.05) is 32.4 Å². The number of hydrogen-bond donors (Lipinski definition) is 0. The van der Waals surface area contributed by atoms with Crippen molar-refractivity contribution in [2.45, 2.75) is 26.7 Å². The number of ether oxygens (including phenoxy) is 1. The van der Waals surface area contributed by atoms with Gasteiger partial charge in [-0.25, -0.2) is 9.97 Å².